The number of benzene rings is 3. The second-order valence-corrected chi connectivity index (χ2v) is 13.2. The van der Waals surface area contributed by atoms with Crippen LogP contribution in [0.15, 0.2) is 77.7 Å². The lowest BCUT2D eigenvalue weighted by atomic mass is 9.94. The lowest BCUT2D eigenvalue weighted by Gasteiger charge is -2.32. The summed E-state index contributed by atoms with van der Waals surface area (Å²) in [7, 11) is -3.28. The summed E-state index contributed by atoms with van der Waals surface area (Å²) >= 11 is 6.13. The topological polar surface area (TPSA) is 40.6 Å². The van der Waals surface area contributed by atoms with Gasteiger partial charge >= 0.3 is 0 Å². The van der Waals surface area contributed by atoms with Crippen molar-refractivity contribution in [1.82, 2.24) is 9.80 Å². The normalized spacial score (nSPS) is 17.9. The molecule has 0 aliphatic carbocycles. The van der Waals surface area contributed by atoms with Gasteiger partial charge in [0.15, 0.2) is 9.84 Å². The maximum Gasteiger partial charge on any atom is 0.178 e. The molecule has 4 nitrogen and oxygen atoms in total. The fraction of sp³-hybridized carbons (Fsp3) is 0.419. The first kappa shape index (κ1) is 26.4. The van der Waals surface area contributed by atoms with Crippen LogP contribution in [0.25, 0.3) is 0 Å². The number of sulfone groups is 1. The number of nitrogens with zero attached hydrogens (tertiary/aromatic N) is 2. The highest BCUT2D eigenvalue weighted by atomic mass is 35.5. The van der Waals surface area contributed by atoms with Crippen molar-refractivity contribution in [2.24, 2.45) is 5.92 Å². The Morgan fingerprint density at radius 3 is 2.16 bits per heavy atom. The molecule has 0 N–H and O–H groups in total. The Kier molecular flexibility index (Phi) is 8.66. The molecule has 0 radical (unpaired) electrons. The zero-order valence-electron chi connectivity index (χ0n) is 21.5. The number of rotatable bonds is 8. The highest BCUT2D eigenvalue weighted by molar-refractivity contribution is 7.91. The Morgan fingerprint density at radius 1 is 0.730 bits per heavy atom. The molecule has 5 rings (SSSR count). The number of likely N-dealkylation sites (tertiary alicyclic amines) is 1. The standard InChI is InChI=1S/C31H37ClN2O2S/c32-30-8-4-7-27(21-30)24-33-16-11-25(12-17-33)15-20-37(35,36)31-10-9-28-13-18-34(19-14-29(28)22-31)23-26-5-2-1-3-6-26/h1-10,21-22,25H,11-20,23-24H2. The molecule has 0 unspecified atom stereocenters. The van der Waals surface area contributed by atoms with Gasteiger partial charge in [-0.1, -0.05) is 60.1 Å². The number of hydrogen-bond acceptors (Lipinski definition) is 4. The van der Waals surface area contributed by atoms with Crippen LogP contribution in [0.5, 0.6) is 0 Å². The number of halogens is 1. The molecule has 0 aromatic heterocycles. The molecule has 2 aliphatic heterocycles. The van der Waals surface area contributed by atoms with E-state index in [1.807, 2.05) is 30.3 Å². The van der Waals surface area contributed by atoms with Gasteiger partial charge in [0.2, 0.25) is 0 Å². The van der Waals surface area contributed by atoms with Crippen LogP contribution in [-0.4, -0.2) is 50.1 Å². The van der Waals surface area contributed by atoms with Crippen LogP contribution in [-0.2, 0) is 35.8 Å². The predicted molar refractivity (Wildman–Crippen MR) is 152 cm³/mol. The van der Waals surface area contributed by atoms with Gasteiger partial charge in [-0.05, 0) is 97.6 Å². The molecule has 3 aromatic carbocycles. The molecule has 1 saturated heterocycles. The van der Waals surface area contributed by atoms with E-state index in [0.29, 0.717) is 10.8 Å². The molecular formula is C31H37ClN2O2S. The van der Waals surface area contributed by atoms with Crippen LogP contribution < -0.4 is 0 Å². The number of piperidine rings is 1. The highest BCUT2D eigenvalue weighted by Gasteiger charge is 2.24. The summed E-state index contributed by atoms with van der Waals surface area (Å²) in [6.07, 6.45) is 4.72. The number of hydrogen-bond donors (Lipinski definition) is 0. The Balaban J connectivity index is 1.12. The average Bonchev–Trinajstić information content (AvgIpc) is 3.11. The highest BCUT2D eigenvalue weighted by Crippen LogP contribution is 2.26. The van der Waals surface area contributed by atoms with Crippen molar-refractivity contribution in [3.63, 3.8) is 0 Å². The summed E-state index contributed by atoms with van der Waals surface area (Å²) < 4.78 is 26.5. The van der Waals surface area contributed by atoms with E-state index in [-0.39, 0.29) is 5.75 Å². The fourth-order valence-electron chi connectivity index (χ4n) is 5.71. The van der Waals surface area contributed by atoms with E-state index in [4.69, 9.17) is 11.6 Å². The zero-order chi connectivity index (χ0) is 25.7. The van der Waals surface area contributed by atoms with Crippen molar-refractivity contribution in [2.75, 3.05) is 31.9 Å². The van der Waals surface area contributed by atoms with Gasteiger partial charge in [-0.25, -0.2) is 8.42 Å². The number of fused-ring (bicyclic) bond motifs is 1. The monoisotopic (exact) mass is 536 g/mol. The summed E-state index contributed by atoms with van der Waals surface area (Å²) in [6, 6.07) is 24.5. The Labute approximate surface area is 227 Å². The second kappa shape index (κ2) is 12.1. The van der Waals surface area contributed by atoms with E-state index in [9.17, 15) is 8.42 Å². The quantitative estimate of drug-likeness (QED) is 0.353. The first-order chi connectivity index (χ1) is 17.9. The van der Waals surface area contributed by atoms with Gasteiger partial charge in [0, 0.05) is 31.2 Å². The van der Waals surface area contributed by atoms with Gasteiger partial charge < -0.3 is 0 Å². The van der Waals surface area contributed by atoms with Crippen LogP contribution >= 0.6 is 11.6 Å². The summed E-state index contributed by atoms with van der Waals surface area (Å²) in [6.45, 7) is 5.83. The smallest absolute Gasteiger partial charge is 0.178 e. The van der Waals surface area contributed by atoms with Gasteiger partial charge in [-0.15, -0.1) is 0 Å². The summed E-state index contributed by atoms with van der Waals surface area (Å²) in [5.74, 6) is 0.711. The van der Waals surface area contributed by atoms with Crippen LogP contribution in [0.4, 0.5) is 0 Å². The Hall–Kier alpha value is -2.18. The average molecular weight is 537 g/mol. The van der Waals surface area contributed by atoms with Crippen molar-refractivity contribution >= 4 is 21.4 Å². The first-order valence-corrected chi connectivity index (χ1v) is 15.6. The van der Waals surface area contributed by atoms with E-state index < -0.39 is 9.84 Å². The fourth-order valence-corrected chi connectivity index (χ4v) is 7.40. The molecule has 3 aromatic rings. The minimum Gasteiger partial charge on any atom is -0.299 e. The van der Waals surface area contributed by atoms with Crippen molar-refractivity contribution < 1.29 is 8.42 Å². The molecule has 2 heterocycles. The van der Waals surface area contributed by atoms with Crippen LogP contribution in [0, 0.1) is 5.92 Å². The Morgan fingerprint density at radius 2 is 1.41 bits per heavy atom. The van der Waals surface area contributed by atoms with E-state index in [2.05, 4.69) is 52.3 Å². The minimum atomic E-state index is -3.28. The summed E-state index contributed by atoms with van der Waals surface area (Å²) in [5, 5.41) is 0.778. The third-order valence-electron chi connectivity index (χ3n) is 7.98. The molecule has 0 spiro atoms. The van der Waals surface area contributed by atoms with Gasteiger partial charge in [0.1, 0.15) is 0 Å². The maximum absolute atomic E-state index is 13.3. The lowest BCUT2D eigenvalue weighted by molar-refractivity contribution is 0.175. The van der Waals surface area contributed by atoms with Gasteiger partial charge in [0.05, 0.1) is 10.6 Å². The SMILES string of the molecule is O=S(=O)(CCC1CCN(Cc2cccc(Cl)c2)CC1)c1ccc2c(c1)CCN(Cc1ccccc1)CC2. The van der Waals surface area contributed by atoms with Crippen molar-refractivity contribution in [3.05, 3.63) is 100 Å². The third-order valence-corrected chi connectivity index (χ3v) is 9.96. The second-order valence-electron chi connectivity index (χ2n) is 10.6. The van der Waals surface area contributed by atoms with Crippen LogP contribution in [0.3, 0.4) is 0 Å². The maximum atomic E-state index is 13.3. The van der Waals surface area contributed by atoms with E-state index in [0.717, 1.165) is 76.4 Å². The molecule has 0 bridgehead atoms. The van der Waals surface area contributed by atoms with Gasteiger partial charge in [0.25, 0.3) is 0 Å². The molecule has 6 heteroatoms. The Bertz CT molecular complexity index is 1290. The lowest BCUT2D eigenvalue weighted by Crippen LogP contribution is -2.33. The van der Waals surface area contributed by atoms with Crippen molar-refractivity contribution in [1.29, 1.82) is 0 Å². The summed E-state index contributed by atoms with van der Waals surface area (Å²) in [5.41, 5.74) is 5.06. The van der Waals surface area contributed by atoms with Crippen LogP contribution in [0.2, 0.25) is 5.02 Å². The van der Waals surface area contributed by atoms with Crippen LogP contribution in [0.1, 0.15) is 41.5 Å². The largest absolute Gasteiger partial charge is 0.299 e. The first-order valence-electron chi connectivity index (χ1n) is 13.5. The third kappa shape index (κ3) is 7.23. The van der Waals surface area contributed by atoms with Gasteiger partial charge in [-0.2, -0.15) is 0 Å². The van der Waals surface area contributed by atoms with E-state index in [1.54, 1.807) is 0 Å². The zero-order valence-corrected chi connectivity index (χ0v) is 23.1. The van der Waals surface area contributed by atoms with E-state index in [1.165, 1.54) is 22.3 Å². The molecule has 2 aliphatic rings. The molecule has 0 saturated carbocycles. The molecule has 1 fully saturated rings. The molecule has 0 amide bonds. The van der Waals surface area contributed by atoms with Gasteiger partial charge in [-0.3, -0.25) is 9.80 Å². The summed E-state index contributed by atoms with van der Waals surface area (Å²) in [4.78, 5) is 5.42. The predicted octanol–water partition coefficient (Wildman–Crippen LogP) is 6.02. The van der Waals surface area contributed by atoms with E-state index >= 15 is 0 Å². The molecule has 0 atom stereocenters. The molecular weight excluding hydrogens is 500 g/mol. The van der Waals surface area contributed by atoms with Crippen molar-refractivity contribution in [3.8, 4) is 0 Å². The molecule has 196 valence electrons. The van der Waals surface area contributed by atoms with Crippen molar-refractivity contribution in [2.45, 2.75) is 50.1 Å². The molecule has 37 heavy (non-hydrogen) atoms. The minimum absolute atomic E-state index is 0.241.